The molecule has 2 unspecified atom stereocenters. The largest absolute Gasteiger partial charge is 1.00 e. The van der Waals surface area contributed by atoms with Gasteiger partial charge in [-0.25, -0.2) is 4.79 Å². The van der Waals surface area contributed by atoms with Crippen LogP contribution in [0.25, 0.3) is 0 Å². The Morgan fingerprint density at radius 2 is 1.37 bits per heavy atom. The Morgan fingerprint density at radius 1 is 0.886 bits per heavy atom. The molecule has 1 aromatic carbocycles. The van der Waals surface area contributed by atoms with Crippen molar-refractivity contribution in [3.8, 4) is 0 Å². The Hall–Kier alpha value is -1.37. The van der Waals surface area contributed by atoms with Crippen LogP contribution in [0.5, 0.6) is 0 Å². The number of hydrogen-bond donors (Lipinski definition) is 2. The molecule has 0 bridgehead atoms. The van der Waals surface area contributed by atoms with Gasteiger partial charge in [0.1, 0.15) is 12.1 Å². The second-order valence-electron chi connectivity index (χ2n) is 9.28. The van der Waals surface area contributed by atoms with E-state index in [2.05, 4.69) is 17.2 Å². The number of benzene rings is 1. The van der Waals surface area contributed by atoms with E-state index in [0.29, 0.717) is 6.42 Å². The van der Waals surface area contributed by atoms with E-state index in [1.165, 1.54) is 71.1 Å². The average Bonchev–Trinajstić information content (AvgIpc) is 2.82. The fourth-order valence-electron chi connectivity index (χ4n) is 3.98. The smallest absolute Gasteiger partial charge is 0.862 e. The minimum Gasteiger partial charge on any atom is -0.862 e. The molecule has 0 fully saturated rings. The number of carbonyl (C=O) groups is 2. The molecular weight excluding hydrogens is 451 g/mol. The fraction of sp³-hybridized carbons (Fsp3) is 0.679. The zero-order valence-corrected chi connectivity index (χ0v) is 24.3. The van der Waals surface area contributed by atoms with Crippen LogP contribution in [0, 0.1) is 0 Å². The molecule has 0 saturated heterocycles. The van der Waals surface area contributed by atoms with Gasteiger partial charge in [0.2, 0.25) is 5.91 Å². The van der Waals surface area contributed by atoms with Crippen molar-refractivity contribution < 1.29 is 49.4 Å². The van der Waals surface area contributed by atoms with Crippen LogP contribution in [0.2, 0.25) is 0 Å². The molecule has 35 heavy (non-hydrogen) atoms. The normalized spacial score (nSPS) is 13.0. The molecule has 2 atom stereocenters. The zero-order chi connectivity index (χ0) is 25.0. The molecule has 192 valence electrons. The molecule has 0 heterocycles. The van der Waals surface area contributed by atoms with Crippen molar-refractivity contribution in [2.45, 2.75) is 122 Å². The molecule has 1 rings (SSSR count). The molecule has 0 aliphatic heterocycles. The summed E-state index contributed by atoms with van der Waals surface area (Å²) in [7, 11) is 0. The molecule has 0 radical (unpaired) electrons. The number of amides is 1. The van der Waals surface area contributed by atoms with Crippen LogP contribution in [-0.4, -0.2) is 35.0 Å². The van der Waals surface area contributed by atoms with Crippen LogP contribution >= 0.6 is 0 Å². The Morgan fingerprint density at radius 3 is 1.86 bits per heavy atom. The molecule has 0 saturated carbocycles. The molecule has 1 aromatic rings. The summed E-state index contributed by atoms with van der Waals surface area (Å²) < 4.78 is 0. The molecule has 6 nitrogen and oxygen atoms in total. The molecule has 0 aromatic heterocycles. The SMILES string of the molecule is CCCCCCCCCCCCCCCC([O-])=NC(C)C(=O)NC(Cc1ccccc1)C(=O)O.[Na+]. The standard InChI is InChI=1S/C28H46N2O4.Na/c1-3-4-5-6-7-8-9-10-11-12-13-14-18-21-26(31)29-23(2)27(32)30-25(28(33)34)22-24-19-16-15-17-20-24;/h15-17,19-20,23,25H,3-14,18,21-22H2,1-2H3,(H,29,31)(H,30,32)(H,33,34);/q;+1/p-1. The van der Waals surface area contributed by atoms with Crippen LogP contribution < -0.4 is 40.0 Å². The number of carbonyl (C=O) groups excluding carboxylic acids is 1. The Kier molecular flexibility index (Phi) is 21.0. The van der Waals surface area contributed by atoms with Gasteiger partial charge in [0.15, 0.2) is 0 Å². The summed E-state index contributed by atoms with van der Waals surface area (Å²) in [6.07, 6.45) is 16.7. The van der Waals surface area contributed by atoms with E-state index in [1.54, 1.807) is 0 Å². The van der Waals surface area contributed by atoms with E-state index in [0.717, 1.165) is 24.8 Å². The van der Waals surface area contributed by atoms with E-state index < -0.39 is 24.0 Å². The summed E-state index contributed by atoms with van der Waals surface area (Å²) in [5.74, 6) is -1.94. The minimum absolute atomic E-state index is 0. The van der Waals surface area contributed by atoms with E-state index in [9.17, 15) is 19.8 Å². The molecule has 0 aliphatic carbocycles. The van der Waals surface area contributed by atoms with Crippen LogP contribution in [-0.2, 0) is 16.0 Å². The number of unbranched alkanes of at least 4 members (excludes halogenated alkanes) is 12. The average molecular weight is 497 g/mol. The van der Waals surface area contributed by atoms with Crippen LogP contribution in [0.1, 0.15) is 109 Å². The number of carboxylic acids is 1. The summed E-state index contributed by atoms with van der Waals surface area (Å²) in [6, 6.07) is 7.17. The topological polar surface area (TPSA) is 102 Å². The molecule has 0 aliphatic rings. The first-order chi connectivity index (χ1) is 16.4. The number of nitrogens with one attached hydrogen (secondary N) is 1. The quantitative estimate of drug-likeness (QED) is 0.125. The monoisotopic (exact) mass is 496 g/mol. The Balaban J connectivity index is 0.0000116. The maximum Gasteiger partial charge on any atom is 1.00 e. The number of hydrogen-bond acceptors (Lipinski definition) is 4. The summed E-state index contributed by atoms with van der Waals surface area (Å²) in [4.78, 5) is 27.8. The number of aliphatic imine (C=N–C) groups is 1. The summed E-state index contributed by atoms with van der Waals surface area (Å²) in [6.45, 7) is 3.77. The van der Waals surface area contributed by atoms with Gasteiger partial charge in [0, 0.05) is 6.42 Å². The third-order valence-electron chi connectivity index (χ3n) is 6.11. The van der Waals surface area contributed by atoms with Gasteiger partial charge in [-0.1, -0.05) is 114 Å². The van der Waals surface area contributed by atoms with Crippen molar-refractivity contribution in [2.24, 2.45) is 4.99 Å². The second kappa shape index (κ2) is 21.9. The summed E-state index contributed by atoms with van der Waals surface area (Å²) in [5, 5.41) is 24.0. The number of nitrogens with zero attached hydrogens (tertiary/aromatic N) is 1. The summed E-state index contributed by atoms with van der Waals surface area (Å²) in [5.41, 5.74) is 0.818. The number of aliphatic carboxylic acids is 1. The molecule has 0 spiro atoms. The minimum atomic E-state index is -1.11. The first-order valence-electron chi connectivity index (χ1n) is 13.2. The van der Waals surface area contributed by atoms with Crippen molar-refractivity contribution >= 4 is 17.8 Å². The van der Waals surface area contributed by atoms with Gasteiger partial charge in [0.25, 0.3) is 0 Å². The third-order valence-corrected chi connectivity index (χ3v) is 6.11. The van der Waals surface area contributed by atoms with Gasteiger partial charge < -0.3 is 15.5 Å². The van der Waals surface area contributed by atoms with Crippen molar-refractivity contribution in [1.82, 2.24) is 5.32 Å². The van der Waals surface area contributed by atoms with Crippen molar-refractivity contribution in [1.29, 1.82) is 0 Å². The predicted octanol–water partition coefficient (Wildman–Crippen LogP) is 2.43. The fourth-order valence-corrected chi connectivity index (χ4v) is 3.98. The molecule has 7 heteroatoms. The number of rotatable bonds is 20. The van der Waals surface area contributed by atoms with Crippen molar-refractivity contribution in [3.05, 3.63) is 35.9 Å². The Bertz CT molecular complexity index is 712. The van der Waals surface area contributed by atoms with Crippen LogP contribution in [0.15, 0.2) is 35.3 Å². The maximum absolute atomic E-state index is 12.4. The molecule has 2 N–H and O–H groups in total. The van der Waals surface area contributed by atoms with Crippen molar-refractivity contribution in [3.63, 3.8) is 0 Å². The van der Waals surface area contributed by atoms with Gasteiger partial charge in [0.05, 0.1) is 0 Å². The van der Waals surface area contributed by atoms with E-state index in [-0.39, 0.29) is 41.9 Å². The van der Waals surface area contributed by atoms with Crippen LogP contribution in [0.4, 0.5) is 0 Å². The molecule has 1 amide bonds. The maximum atomic E-state index is 12.4. The number of carboxylic acid groups (broad SMARTS) is 1. The van der Waals surface area contributed by atoms with Gasteiger partial charge >= 0.3 is 35.5 Å². The predicted molar refractivity (Wildman–Crippen MR) is 137 cm³/mol. The van der Waals surface area contributed by atoms with E-state index in [1.807, 2.05) is 30.3 Å². The summed E-state index contributed by atoms with van der Waals surface area (Å²) >= 11 is 0. The van der Waals surface area contributed by atoms with Crippen molar-refractivity contribution in [2.75, 3.05) is 0 Å². The second-order valence-corrected chi connectivity index (χ2v) is 9.28. The van der Waals surface area contributed by atoms with Gasteiger partial charge in [-0.15, -0.1) is 0 Å². The zero-order valence-electron chi connectivity index (χ0n) is 22.3. The van der Waals surface area contributed by atoms with Gasteiger partial charge in [-0.3, -0.25) is 9.79 Å². The first kappa shape index (κ1) is 33.6. The van der Waals surface area contributed by atoms with Gasteiger partial charge in [-0.2, -0.15) is 0 Å². The van der Waals surface area contributed by atoms with E-state index in [4.69, 9.17) is 0 Å². The molecular formula is C28H45N2NaO4. The first-order valence-corrected chi connectivity index (χ1v) is 13.2. The van der Waals surface area contributed by atoms with Gasteiger partial charge in [-0.05, 0) is 31.2 Å². The van der Waals surface area contributed by atoms with Crippen LogP contribution in [0.3, 0.4) is 0 Å². The third kappa shape index (κ3) is 17.7. The Labute approximate surface area is 234 Å². The van der Waals surface area contributed by atoms with E-state index >= 15 is 0 Å².